The molecule has 2 unspecified atom stereocenters. The zero-order valence-corrected chi connectivity index (χ0v) is 18.1. The molecule has 1 saturated carbocycles. The Hall–Kier alpha value is -1.16. The Morgan fingerprint density at radius 1 is 1.46 bits per heavy atom. The molecule has 146 valence electrons. The molecule has 2 aliphatic rings. The lowest BCUT2D eigenvalue weighted by molar-refractivity contribution is 0.247. The number of anilines is 1. The van der Waals surface area contributed by atoms with Crippen LogP contribution >= 0.6 is 24.0 Å². The standard InChI is InChI=1S/C18H29FN6.HI/c1-13(24(3)15-6-7-15)11-22-18(20-2)23-14-8-10-25(12-14)17-16(19)5-4-9-21-17;/h4-5,9,13-15H,6-8,10-12H2,1-3H3,(H2,20,22,23);1H. The fraction of sp³-hybridized carbons (Fsp3) is 0.667. The van der Waals surface area contributed by atoms with Crippen LogP contribution in [-0.2, 0) is 0 Å². The maximum atomic E-state index is 13.9. The summed E-state index contributed by atoms with van der Waals surface area (Å²) in [5.74, 6) is 0.987. The molecule has 1 aromatic rings. The van der Waals surface area contributed by atoms with Gasteiger partial charge in [0.05, 0.1) is 0 Å². The van der Waals surface area contributed by atoms with Crippen molar-refractivity contribution in [2.75, 3.05) is 38.6 Å². The summed E-state index contributed by atoms with van der Waals surface area (Å²) in [6.07, 6.45) is 5.21. The molecule has 3 rings (SSSR count). The largest absolute Gasteiger partial charge is 0.355 e. The smallest absolute Gasteiger partial charge is 0.191 e. The van der Waals surface area contributed by atoms with Crippen LogP contribution in [0.3, 0.4) is 0 Å². The highest BCUT2D eigenvalue weighted by Crippen LogP contribution is 2.26. The maximum Gasteiger partial charge on any atom is 0.191 e. The number of hydrogen-bond donors (Lipinski definition) is 2. The average molecular weight is 476 g/mol. The lowest BCUT2D eigenvalue weighted by Crippen LogP contribution is -2.48. The van der Waals surface area contributed by atoms with Gasteiger partial charge in [0.25, 0.3) is 0 Å². The minimum absolute atomic E-state index is 0. The van der Waals surface area contributed by atoms with Crippen LogP contribution in [0, 0.1) is 5.82 Å². The number of aromatic nitrogens is 1. The first-order chi connectivity index (χ1) is 12.1. The van der Waals surface area contributed by atoms with E-state index in [1.54, 1.807) is 19.3 Å². The molecule has 2 atom stereocenters. The van der Waals surface area contributed by atoms with Gasteiger partial charge in [-0.05, 0) is 45.4 Å². The molecule has 1 aliphatic heterocycles. The third-order valence-electron chi connectivity index (χ3n) is 5.17. The van der Waals surface area contributed by atoms with E-state index in [0.717, 1.165) is 38.1 Å². The second kappa shape index (κ2) is 9.68. The Kier molecular flexibility index (Phi) is 7.87. The molecule has 2 N–H and O–H groups in total. The second-order valence-corrected chi connectivity index (χ2v) is 7.08. The van der Waals surface area contributed by atoms with Gasteiger partial charge < -0.3 is 15.5 Å². The van der Waals surface area contributed by atoms with Gasteiger partial charge >= 0.3 is 0 Å². The lowest BCUT2D eigenvalue weighted by atomic mass is 10.2. The molecule has 0 radical (unpaired) electrons. The van der Waals surface area contributed by atoms with E-state index in [4.69, 9.17) is 0 Å². The number of hydrogen-bond acceptors (Lipinski definition) is 4. The van der Waals surface area contributed by atoms with Crippen LogP contribution in [-0.4, -0.2) is 67.7 Å². The summed E-state index contributed by atoms with van der Waals surface area (Å²) in [6, 6.07) is 4.54. The molecular weight excluding hydrogens is 446 g/mol. The molecule has 2 fully saturated rings. The number of pyridine rings is 1. The van der Waals surface area contributed by atoms with E-state index < -0.39 is 0 Å². The van der Waals surface area contributed by atoms with Crippen molar-refractivity contribution in [2.45, 2.75) is 44.3 Å². The van der Waals surface area contributed by atoms with Crippen LogP contribution in [0.4, 0.5) is 10.2 Å². The van der Waals surface area contributed by atoms with Gasteiger partial charge in [0, 0.05) is 51.0 Å². The first-order valence-electron chi connectivity index (χ1n) is 9.13. The molecule has 0 amide bonds. The Morgan fingerprint density at radius 2 is 2.23 bits per heavy atom. The summed E-state index contributed by atoms with van der Waals surface area (Å²) in [7, 11) is 3.98. The van der Waals surface area contributed by atoms with Crippen LogP contribution in [0.15, 0.2) is 23.3 Å². The second-order valence-electron chi connectivity index (χ2n) is 7.08. The Bertz CT molecular complexity index is 609. The van der Waals surface area contributed by atoms with Crippen molar-refractivity contribution in [1.82, 2.24) is 20.5 Å². The van der Waals surface area contributed by atoms with Gasteiger partial charge in [0.15, 0.2) is 17.6 Å². The summed E-state index contributed by atoms with van der Waals surface area (Å²) < 4.78 is 13.9. The molecule has 0 bridgehead atoms. The minimum Gasteiger partial charge on any atom is -0.355 e. The van der Waals surface area contributed by atoms with Crippen molar-refractivity contribution in [1.29, 1.82) is 0 Å². The molecule has 1 aliphatic carbocycles. The average Bonchev–Trinajstić information content (AvgIpc) is 3.37. The predicted molar refractivity (Wildman–Crippen MR) is 115 cm³/mol. The molecule has 1 saturated heterocycles. The molecule has 8 heteroatoms. The van der Waals surface area contributed by atoms with E-state index in [1.807, 2.05) is 4.90 Å². The van der Waals surface area contributed by atoms with Gasteiger partial charge in [-0.2, -0.15) is 0 Å². The number of nitrogens with zero attached hydrogens (tertiary/aromatic N) is 4. The Morgan fingerprint density at radius 3 is 2.88 bits per heavy atom. The topological polar surface area (TPSA) is 55.8 Å². The number of halogens is 2. The van der Waals surface area contributed by atoms with E-state index >= 15 is 0 Å². The minimum atomic E-state index is -0.261. The summed E-state index contributed by atoms with van der Waals surface area (Å²) in [5, 5.41) is 6.87. The molecule has 6 nitrogen and oxygen atoms in total. The summed E-state index contributed by atoms with van der Waals surface area (Å²) >= 11 is 0. The summed E-state index contributed by atoms with van der Waals surface area (Å²) in [4.78, 5) is 12.9. The zero-order valence-electron chi connectivity index (χ0n) is 15.8. The molecule has 26 heavy (non-hydrogen) atoms. The van der Waals surface area contributed by atoms with Gasteiger partial charge in [0.2, 0.25) is 0 Å². The highest BCUT2D eigenvalue weighted by molar-refractivity contribution is 14.0. The van der Waals surface area contributed by atoms with Crippen molar-refractivity contribution < 1.29 is 4.39 Å². The van der Waals surface area contributed by atoms with Crippen LogP contribution in [0.25, 0.3) is 0 Å². The first-order valence-corrected chi connectivity index (χ1v) is 9.13. The number of guanidine groups is 1. The number of likely N-dealkylation sites (N-methyl/N-ethyl adjacent to an activating group) is 1. The fourth-order valence-corrected chi connectivity index (χ4v) is 3.30. The molecule has 0 aromatic carbocycles. The van der Waals surface area contributed by atoms with Gasteiger partial charge in [-0.3, -0.25) is 9.89 Å². The number of aliphatic imine (C=N–C) groups is 1. The fourth-order valence-electron chi connectivity index (χ4n) is 3.30. The third-order valence-corrected chi connectivity index (χ3v) is 5.17. The monoisotopic (exact) mass is 476 g/mol. The van der Waals surface area contributed by atoms with Crippen molar-refractivity contribution >= 4 is 35.8 Å². The van der Waals surface area contributed by atoms with Crippen molar-refractivity contribution in [3.63, 3.8) is 0 Å². The van der Waals surface area contributed by atoms with Crippen LogP contribution < -0.4 is 15.5 Å². The SMILES string of the molecule is CN=C(NCC(C)N(C)C1CC1)NC1CCN(c2ncccc2F)C1.I. The van der Waals surface area contributed by atoms with E-state index in [9.17, 15) is 4.39 Å². The first kappa shape index (κ1) is 21.1. The molecular formula is C18H30FIN6. The maximum absolute atomic E-state index is 13.9. The third kappa shape index (κ3) is 5.42. The summed E-state index contributed by atoms with van der Waals surface area (Å²) in [5.41, 5.74) is 0. The van der Waals surface area contributed by atoms with Crippen molar-refractivity contribution in [3.05, 3.63) is 24.1 Å². The predicted octanol–water partition coefficient (Wildman–Crippen LogP) is 2.07. The van der Waals surface area contributed by atoms with Crippen molar-refractivity contribution in [2.24, 2.45) is 4.99 Å². The van der Waals surface area contributed by atoms with E-state index in [2.05, 4.69) is 39.5 Å². The quantitative estimate of drug-likeness (QED) is 0.374. The van der Waals surface area contributed by atoms with Gasteiger partial charge in [-0.1, -0.05) is 0 Å². The van der Waals surface area contributed by atoms with E-state index in [-0.39, 0.29) is 35.8 Å². The molecule has 0 spiro atoms. The lowest BCUT2D eigenvalue weighted by Gasteiger charge is -2.26. The normalized spacial score (nSPS) is 21.5. The van der Waals surface area contributed by atoms with E-state index in [0.29, 0.717) is 11.9 Å². The Labute approximate surface area is 172 Å². The molecule has 1 aromatic heterocycles. The van der Waals surface area contributed by atoms with Gasteiger partial charge in [-0.25, -0.2) is 9.37 Å². The van der Waals surface area contributed by atoms with Crippen molar-refractivity contribution in [3.8, 4) is 0 Å². The van der Waals surface area contributed by atoms with Gasteiger partial charge in [-0.15, -0.1) is 24.0 Å². The van der Waals surface area contributed by atoms with Crippen LogP contribution in [0.2, 0.25) is 0 Å². The van der Waals surface area contributed by atoms with Crippen LogP contribution in [0.1, 0.15) is 26.2 Å². The highest BCUT2D eigenvalue weighted by atomic mass is 127. The number of rotatable bonds is 6. The molecule has 2 heterocycles. The summed E-state index contributed by atoms with van der Waals surface area (Å²) in [6.45, 7) is 4.62. The zero-order chi connectivity index (χ0) is 17.8. The Balaban J connectivity index is 0.00000243. The number of nitrogens with one attached hydrogen (secondary N) is 2. The van der Waals surface area contributed by atoms with E-state index in [1.165, 1.54) is 18.9 Å². The van der Waals surface area contributed by atoms with Crippen LogP contribution in [0.5, 0.6) is 0 Å². The van der Waals surface area contributed by atoms with Gasteiger partial charge in [0.1, 0.15) is 0 Å². The highest BCUT2D eigenvalue weighted by Gasteiger charge is 2.29.